The minimum absolute atomic E-state index is 1.07. The molecule has 0 radical (unpaired) electrons. The Balaban J connectivity index is 2.00. The van der Waals surface area contributed by atoms with Gasteiger partial charge in [0, 0.05) is 25.9 Å². The number of rotatable bonds is 3. The normalized spacial score (nSPS) is 10.5. The molecule has 110 valence electrons. The second kappa shape index (κ2) is 6.67. The fourth-order valence-electron chi connectivity index (χ4n) is 2.32. The Morgan fingerprint density at radius 3 is 1.95 bits per heavy atom. The van der Waals surface area contributed by atoms with E-state index in [1.807, 2.05) is 12.1 Å². The third-order valence-corrected chi connectivity index (χ3v) is 4.51. The van der Waals surface area contributed by atoms with Crippen molar-refractivity contribution in [3.05, 3.63) is 81.2 Å². The third kappa shape index (κ3) is 3.60. The Hall–Kier alpha value is -1.58. The quantitative estimate of drug-likeness (QED) is 0.487. The van der Waals surface area contributed by atoms with Crippen molar-refractivity contribution in [2.45, 2.75) is 6.92 Å². The van der Waals surface area contributed by atoms with E-state index in [1.54, 1.807) is 0 Å². The Labute approximate surface area is 147 Å². The number of hydrogen-bond donors (Lipinski definition) is 1. The van der Waals surface area contributed by atoms with Crippen LogP contribution in [0, 0.1) is 6.92 Å². The van der Waals surface area contributed by atoms with Crippen molar-refractivity contribution in [3.63, 3.8) is 0 Å². The molecule has 0 aliphatic carbocycles. The molecule has 0 unspecified atom stereocenters. The lowest BCUT2D eigenvalue weighted by atomic mass is 10.0. The topological polar surface area (TPSA) is 12.0 Å². The first-order valence-corrected chi connectivity index (χ1v) is 8.59. The van der Waals surface area contributed by atoms with Crippen molar-refractivity contribution in [1.82, 2.24) is 0 Å². The van der Waals surface area contributed by atoms with Crippen LogP contribution in [0.3, 0.4) is 0 Å². The summed E-state index contributed by atoms with van der Waals surface area (Å²) in [5.74, 6) is 0. The number of anilines is 2. The predicted octanol–water partition coefficient (Wildman–Crippen LogP) is 6.93. The summed E-state index contributed by atoms with van der Waals surface area (Å²) in [6.45, 7) is 2.12. The zero-order valence-corrected chi connectivity index (χ0v) is 15.3. The predicted molar refractivity (Wildman–Crippen MR) is 102 cm³/mol. The molecule has 0 aliphatic heterocycles. The van der Waals surface area contributed by atoms with Crippen LogP contribution >= 0.6 is 31.9 Å². The van der Waals surface area contributed by atoms with Crippen LogP contribution in [0.4, 0.5) is 11.4 Å². The molecular formula is C19H15Br2N. The van der Waals surface area contributed by atoms with E-state index in [4.69, 9.17) is 0 Å². The molecule has 3 aromatic rings. The molecule has 0 amide bonds. The second-order valence-corrected chi connectivity index (χ2v) is 7.02. The maximum Gasteiger partial charge on any atom is 0.0464 e. The van der Waals surface area contributed by atoms with Gasteiger partial charge in [0.05, 0.1) is 0 Å². The Morgan fingerprint density at radius 1 is 0.727 bits per heavy atom. The summed E-state index contributed by atoms with van der Waals surface area (Å²) >= 11 is 6.96. The summed E-state index contributed by atoms with van der Waals surface area (Å²) in [4.78, 5) is 0. The van der Waals surface area contributed by atoms with Crippen molar-refractivity contribution in [2.24, 2.45) is 0 Å². The lowest BCUT2D eigenvalue weighted by molar-refractivity contribution is 1.44. The van der Waals surface area contributed by atoms with Gasteiger partial charge in [-0.3, -0.25) is 0 Å². The lowest BCUT2D eigenvalue weighted by Crippen LogP contribution is -1.94. The van der Waals surface area contributed by atoms with Crippen LogP contribution in [-0.2, 0) is 0 Å². The van der Waals surface area contributed by atoms with Gasteiger partial charge in [-0.1, -0.05) is 55.6 Å². The molecule has 22 heavy (non-hydrogen) atoms. The second-order valence-electron chi connectivity index (χ2n) is 5.19. The number of aryl methyl sites for hydroxylation is 1. The smallest absolute Gasteiger partial charge is 0.0464 e. The van der Waals surface area contributed by atoms with Gasteiger partial charge in [-0.2, -0.15) is 0 Å². The largest absolute Gasteiger partial charge is 0.355 e. The third-order valence-electron chi connectivity index (χ3n) is 3.45. The van der Waals surface area contributed by atoms with Gasteiger partial charge in [0.15, 0.2) is 0 Å². The SMILES string of the molecule is Cc1ccc(Nc2ccc(Br)cc2)c(-c2ccc(Br)cc2)c1. The first kappa shape index (κ1) is 15.3. The van der Waals surface area contributed by atoms with Crippen LogP contribution in [0.15, 0.2) is 75.7 Å². The zero-order chi connectivity index (χ0) is 15.5. The Bertz CT molecular complexity index is 778. The molecule has 3 heteroatoms. The van der Waals surface area contributed by atoms with E-state index < -0.39 is 0 Å². The molecule has 3 aromatic carbocycles. The van der Waals surface area contributed by atoms with E-state index in [-0.39, 0.29) is 0 Å². The summed E-state index contributed by atoms with van der Waals surface area (Å²) in [6, 6.07) is 23.1. The van der Waals surface area contributed by atoms with Crippen molar-refractivity contribution in [1.29, 1.82) is 0 Å². The number of hydrogen-bond acceptors (Lipinski definition) is 1. The van der Waals surface area contributed by atoms with Gasteiger partial charge in [-0.05, 0) is 61.0 Å². The maximum atomic E-state index is 3.51. The molecule has 0 aromatic heterocycles. The molecule has 0 fully saturated rings. The minimum Gasteiger partial charge on any atom is -0.355 e. The minimum atomic E-state index is 1.07. The van der Waals surface area contributed by atoms with E-state index in [0.29, 0.717) is 0 Å². The van der Waals surface area contributed by atoms with E-state index >= 15 is 0 Å². The van der Waals surface area contributed by atoms with E-state index in [2.05, 4.69) is 98.7 Å². The summed E-state index contributed by atoms with van der Waals surface area (Å²) in [6.07, 6.45) is 0. The fraction of sp³-hybridized carbons (Fsp3) is 0.0526. The van der Waals surface area contributed by atoms with Crippen LogP contribution in [0.25, 0.3) is 11.1 Å². The summed E-state index contributed by atoms with van der Waals surface area (Å²) in [5, 5.41) is 3.51. The standard InChI is InChI=1S/C19H15Br2N/c1-13-2-11-19(22-17-9-7-16(21)8-10-17)18(12-13)14-3-5-15(20)6-4-14/h2-12,22H,1H3. The molecule has 0 spiro atoms. The summed E-state index contributed by atoms with van der Waals surface area (Å²) < 4.78 is 2.17. The van der Waals surface area contributed by atoms with Crippen molar-refractivity contribution < 1.29 is 0 Å². The average molecular weight is 417 g/mol. The molecule has 0 aliphatic rings. The summed E-state index contributed by atoms with van der Waals surface area (Å²) in [5.41, 5.74) is 5.84. The van der Waals surface area contributed by atoms with Crippen LogP contribution < -0.4 is 5.32 Å². The molecule has 0 bridgehead atoms. The zero-order valence-electron chi connectivity index (χ0n) is 12.1. The van der Waals surface area contributed by atoms with Gasteiger partial charge in [0.1, 0.15) is 0 Å². The van der Waals surface area contributed by atoms with Crippen molar-refractivity contribution in [3.8, 4) is 11.1 Å². The van der Waals surface area contributed by atoms with Crippen LogP contribution in [0.5, 0.6) is 0 Å². The molecule has 3 rings (SSSR count). The Kier molecular flexibility index (Phi) is 4.65. The number of benzene rings is 3. The van der Waals surface area contributed by atoms with Crippen LogP contribution in [0.2, 0.25) is 0 Å². The molecule has 0 heterocycles. The van der Waals surface area contributed by atoms with Crippen LogP contribution in [-0.4, -0.2) is 0 Å². The van der Waals surface area contributed by atoms with E-state index in [1.165, 1.54) is 16.7 Å². The fourth-order valence-corrected chi connectivity index (χ4v) is 2.85. The molecular weight excluding hydrogens is 402 g/mol. The van der Waals surface area contributed by atoms with Crippen molar-refractivity contribution >= 4 is 43.2 Å². The first-order chi connectivity index (χ1) is 10.6. The number of halogens is 2. The van der Waals surface area contributed by atoms with Gasteiger partial charge >= 0.3 is 0 Å². The molecule has 0 atom stereocenters. The highest BCUT2D eigenvalue weighted by Crippen LogP contribution is 2.32. The monoisotopic (exact) mass is 415 g/mol. The molecule has 0 saturated carbocycles. The average Bonchev–Trinajstić information content (AvgIpc) is 2.52. The first-order valence-electron chi connectivity index (χ1n) is 7.01. The molecule has 1 N–H and O–H groups in total. The van der Waals surface area contributed by atoms with Crippen LogP contribution in [0.1, 0.15) is 5.56 Å². The maximum absolute atomic E-state index is 3.51. The van der Waals surface area contributed by atoms with E-state index in [9.17, 15) is 0 Å². The lowest BCUT2D eigenvalue weighted by Gasteiger charge is -2.14. The van der Waals surface area contributed by atoms with E-state index in [0.717, 1.165) is 20.3 Å². The van der Waals surface area contributed by atoms with Crippen molar-refractivity contribution in [2.75, 3.05) is 5.32 Å². The highest BCUT2D eigenvalue weighted by atomic mass is 79.9. The van der Waals surface area contributed by atoms with Gasteiger partial charge in [0.2, 0.25) is 0 Å². The molecule has 0 saturated heterocycles. The summed E-state index contributed by atoms with van der Waals surface area (Å²) in [7, 11) is 0. The molecule has 1 nitrogen and oxygen atoms in total. The Morgan fingerprint density at radius 2 is 1.32 bits per heavy atom. The van der Waals surface area contributed by atoms with Gasteiger partial charge in [-0.15, -0.1) is 0 Å². The number of nitrogens with one attached hydrogen (secondary N) is 1. The van der Waals surface area contributed by atoms with Gasteiger partial charge in [0.25, 0.3) is 0 Å². The highest BCUT2D eigenvalue weighted by Gasteiger charge is 2.06. The van der Waals surface area contributed by atoms with Gasteiger partial charge in [-0.25, -0.2) is 0 Å². The highest BCUT2D eigenvalue weighted by molar-refractivity contribution is 9.10. The van der Waals surface area contributed by atoms with Gasteiger partial charge < -0.3 is 5.32 Å².